The van der Waals surface area contributed by atoms with Crippen molar-refractivity contribution in [1.82, 2.24) is 25.4 Å². The van der Waals surface area contributed by atoms with Gasteiger partial charge in [0, 0.05) is 36.9 Å². The number of nitrogens with one attached hydrogen (secondary N) is 3. The molecule has 1 aliphatic heterocycles. The van der Waals surface area contributed by atoms with Crippen molar-refractivity contribution in [2.24, 2.45) is 7.05 Å². The summed E-state index contributed by atoms with van der Waals surface area (Å²) in [6.07, 6.45) is 2.20. The average Bonchev–Trinajstić information content (AvgIpc) is 3.26. The maximum Gasteiger partial charge on any atom is 0.252 e. The number of carbonyl (C=O) groups is 2. The molecular formula is C16H22N6O2S. The number of thiophene rings is 1. The van der Waals surface area contributed by atoms with Crippen LogP contribution >= 0.6 is 11.3 Å². The molecule has 8 nitrogen and oxygen atoms in total. The molecule has 9 heteroatoms. The van der Waals surface area contributed by atoms with Crippen molar-refractivity contribution in [3.63, 3.8) is 0 Å². The van der Waals surface area contributed by atoms with Crippen LogP contribution in [-0.4, -0.2) is 46.2 Å². The number of aromatic nitrogens is 3. The van der Waals surface area contributed by atoms with Crippen molar-refractivity contribution in [3.05, 3.63) is 28.2 Å². The van der Waals surface area contributed by atoms with Crippen molar-refractivity contribution in [1.29, 1.82) is 0 Å². The molecule has 134 valence electrons. The molecule has 2 aromatic rings. The van der Waals surface area contributed by atoms with E-state index in [2.05, 4.69) is 26.0 Å². The van der Waals surface area contributed by atoms with Gasteiger partial charge in [-0.15, -0.1) is 0 Å². The number of hydrogen-bond acceptors (Lipinski definition) is 6. The quantitative estimate of drug-likeness (QED) is 0.714. The van der Waals surface area contributed by atoms with E-state index < -0.39 is 0 Å². The fourth-order valence-electron chi connectivity index (χ4n) is 2.74. The van der Waals surface area contributed by atoms with E-state index in [9.17, 15) is 9.59 Å². The first-order chi connectivity index (χ1) is 12.1. The molecule has 3 rings (SSSR count). The Morgan fingerprint density at radius 1 is 1.40 bits per heavy atom. The lowest BCUT2D eigenvalue weighted by Crippen LogP contribution is -2.27. The van der Waals surface area contributed by atoms with E-state index in [0.29, 0.717) is 17.4 Å². The van der Waals surface area contributed by atoms with Crippen LogP contribution in [0.15, 0.2) is 16.8 Å². The lowest BCUT2D eigenvalue weighted by atomic mass is 9.98. The molecule has 25 heavy (non-hydrogen) atoms. The summed E-state index contributed by atoms with van der Waals surface area (Å²) in [4.78, 5) is 28.3. The molecule has 2 aromatic heterocycles. The Balaban J connectivity index is 1.47. The zero-order valence-electron chi connectivity index (χ0n) is 14.1. The monoisotopic (exact) mass is 362 g/mol. The Bertz CT molecular complexity index is 721. The van der Waals surface area contributed by atoms with Gasteiger partial charge in [-0.1, -0.05) is 0 Å². The van der Waals surface area contributed by atoms with Gasteiger partial charge in [-0.25, -0.2) is 4.68 Å². The first-order valence-corrected chi connectivity index (χ1v) is 9.29. The fourth-order valence-corrected chi connectivity index (χ4v) is 3.37. The summed E-state index contributed by atoms with van der Waals surface area (Å²) in [5.41, 5.74) is 0.616. The van der Waals surface area contributed by atoms with E-state index in [1.165, 1.54) is 11.3 Å². The van der Waals surface area contributed by atoms with Crippen LogP contribution in [0.2, 0.25) is 0 Å². The first kappa shape index (κ1) is 17.6. The van der Waals surface area contributed by atoms with E-state index in [-0.39, 0.29) is 24.8 Å². The van der Waals surface area contributed by atoms with Gasteiger partial charge in [0.1, 0.15) is 0 Å². The van der Waals surface area contributed by atoms with E-state index in [1.807, 2.05) is 5.38 Å². The summed E-state index contributed by atoms with van der Waals surface area (Å²) in [7, 11) is 1.77. The average molecular weight is 362 g/mol. The highest BCUT2D eigenvalue weighted by atomic mass is 32.1. The lowest BCUT2D eigenvalue weighted by molar-refractivity contribution is -0.116. The molecule has 0 spiro atoms. The molecule has 0 aromatic carbocycles. The van der Waals surface area contributed by atoms with E-state index in [1.54, 1.807) is 23.2 Å². The zero-order valence-corrected chi connectivity index (χ0v) is 14.9. The number of piperidine rings is 1. The molecule has 0 aliphatic carbocycles. The molecule has 1 saturated heterocycles. The first-order valence-electron chi connectivity index (χ1n) is 8.35. The van der Waals surface area contributed by atoms with Crippen LogP contribution in [0.1, 0.15) is 41.4 Å². The maximum atomic E-state index is 12.1. The SMILES string of the molecule is Cn1nc(C2CCNCC2)nc1NC(=O)CCNC(=O)c1ccsc1. The fraction of sp³-hybridized carbons (Fsp3) is 0.500. The van der Waals surface area contributed by atoms with Gasteiger partial charge in [0.25, 0.3) is 5.91 Å². The predicted octanol–water partition coefficient (Wildman–Crippen LogP) is 1.10. The van der Waals surface area contributed by atoms with E-state index >= 15 is 0 Å². The topological polar surface area (TPSA) is 101 Å². The highest BCUT2D eigenvalue weighted by Crippen LogP contribution is 2.23. The van der Waals surface area contributed by atoms with Gasteiger partial charge in [0.15, 0.2) is 5.82 Å². The molecular weight excluding hydrogens is 340 g/mol. The number of anilines is 1. The highest BCUT2D eigenvalue weighted by Gasteiger charge is 2.21. The number of amides is 2. The van der Waals surface area contributed by atoms with Crippen LogP contribution < -0.4 is 16.0 Å². The maximum absolute atomic E-state index is 12.1. The van der Waals surface area contributed by atoms with Crippen molar-refractivity contribution >= 4 is 29.1 Å². The Kier molecular flexibility index (Phi) is 5.77. The second-order valence-electron chi connectivity index (χ2n) is 6.01. The third kappa shape index (κ3) is 4.64. The number of aryl methyl sites for hydroxylation is 1. The number of rotatable bonds is 6. The number of hydrogen-bond donors (Lipinski definition) is 3. The second kappa shape index (κ2) is 8.21. The second-order valence-corrected chi connectivity index (χ2v) is 6.79. The third-order valence-corrected chi connectivity index (χ3v) is 4.84. The minimum atomic E-state index is -0.196. The molecule has 3 heterocycles. The largest absolute Gasteiger partial charge is 0.351 e. The summed E-state index contributed by atoms with van der Waals surface area (Å²) >= 11 is 1.46. The van der Waals surface area contributed by atoms with E-state index in [0.717, 1.165) is 31.8 Å². The van der Waals surface area contributed by atoms with Gasteiger partial charge >= 0.3 is 0 Å². The lowest BCUT2D eigenvalue weighted by Gasteiger charge is -2.19. The van der Waals surface area contributed by atoms with Gasteiger partial charge in [0.2, 0.25) is 11.9 Å². The van der Waals surface area contributed by atoms with Crippen LogP contribution in [0.3, 0.4) is 0 Å². The summed E-state index contributed by atoms with van der Waals surface area (Å²) in [6.45, 7) is 2.21. The van der Waals surface area contributed by atoms with Crippen LogP contribution in [0.25, 0.3) is 0 Å². The minimum absolute atomic E-state index is 0.166. The normalized spacial score (nSPS) is 15.1. The van der Waals surface area contributed by atoms with Crippen LogP contribution in [0.5, 0.6) is 0 Å². The van der Waals surface area contributed by atoms with Crippen LogP contribution in [0, 0.1) is 0 Å². The molecule has 0 saturated carbocycles. The highest BCUT2D eigenvalue weighted by molar-refractivity contribution is 7.08. The van der Waals surface area contributed by atoms with Crippen molar-refractivity contribution < 1.29 is 9.59 Å². The van der Waals surface area contributed by atoms with Gasteiger partial charge in [0.05, 0.1) is 0 Å². The van der Waals surface area contributed by atoms with Gasteiger partial charge < -0.3 is 10.6 Å². The summed E-state index contributed by atoms with van der Waals surface area (Å²) in [6, 6.07) is 1.75. The van der Waals surface area contributed by atoms with E-state index in [4.69, 9.17) is 0 Å². The molecule has 3 N–H and O–H groups in total. The predicted molar refractivity (Wildman–Crippen MR) is 95.7 cm³/mol. The van der Waals surface area contributed by atoms with Crippen LogP contribution in [0.4, 0.5) is 5.95 Å². The van der Waals surface area contributed by atoms with Gasteiger partial charge in [-0.05, 0) is 37.4 Å². The third-order valence-electron chi connectivity index (χ3n) is 4.16. The van der Waals surface area contributed by atoms with Crippen molar-refractivity contribution in [3.8, 4) is 0 Å². The Morgan fingerprint density at radius 2 is 2.20 bits per heavy atom. The number of carbonyl (C=O) groups excluding carboxylic acids is 2. The van der Waals surface area contributed by atoms with Gasteiger partial charge in [-0.3, -0.25) is 14.9 Å². The zero-order chi connectivity index (χ0) is 17.6. The van der Waals surface area contributed by atoms with Crippen molar-refractivity contribution in [2.75, 3.05) is 25.0 Å². The summed E-state index contributed by atoms with van der Waals surface area (Å²) in [5, 5.41) is 16.9. The molecule has 1 fully saturated rings. The van der Waals surface area contributed by atoms with Crippen LogP contribution in [-0.2, 0) is 11.8 Å². The Morgan fingerprint density at radius 3 is 2.92 bits per heavy atom. The summed E-state index contributed by atoms with van der Waals surface area (Å²) < 4.78 is 1.60. The van der Waals surface area contributed by atoms with Crippen molar-refractivity contribution in [2.45, 2.75) is 25.2 Å². The standard InChI is InChI=1S/C16H22N6O2S/c1-22-16(20-14(21-22)11-2-6-17-7-3-11)19-13(23)4-8-18-15(24)12-5-9-25-10-12/h5,9-11,17H,2-4,6-8H2,1H3,(H,18,24)(H,19,20,21,23). The smallest absolute Gasteiger partial charge is 0.252 e. The number of nitrogens with zero attached hydrogens (tertiary/aromatic N) is 3. The Hall–Kier alpha value is -2.26. The molecule has 2 amide bonds. The molecule has 0 radical (unpaired) electrons. The molecule has 0 bridgehead atoms. The van der Waals surface area contributed by atoms with Gasteiger partial charge in [-0.2, -0.15) is 21.4 Å². The minimum Gasteiger partial charge on any atom is -0.351 e. The molecule has 0 atom stereocenters. The summed E-state index contributed by atoms with van der Waals surface area (Å²) in [5.74, 6) is 1.20. The molecule has 0 unspecified atom stereocenters. The Labute approximate surface area is 150 Å². The molecule has 1 aliphatic rings.